The normalized spacial score (nSPS) is 15.2. The summed E-state index contributed by atoms with van der Waals surface area (Å²) in [6, 6.07) is 8.30. The Morgan fingerprint density at radius 2 is 2.07 bits per heavy atom. The molecule has 5 rings (SSSR count). The molecule has 8 nitrogen and oxygen atoms in total. The molecule has 0 saturated carbocycles. The van der Waals surface area contributed by atoms with Crippen molar-refractivity contribution >= 4 is 22.6 Å². The molecule has 1 aliphatic carbocycles. The number of esters is 1. The van der Waals surface area contributed by atoms with Crippen molar-refractivity contribution in [2.24, 2.45) is 0 Å². The van der Waals surface area contributed by atoms with Crippen LogP contribution in [0.1, 0.15) is 45.6 Å². The standard InChI is InChI=1S/C22H20N2O6/c25-22(13-5-6-20-18(9-13)17-3-1-2-4-19(17)23-20)29-11-15-8-16(24(26)27)7-14-10-28-12-30-21(14)15/h5-9,23H,1-4,10-12H2. The fraction of sp³-hybridized carbons (Fsp3) is 0.318. The van der Waals surface area contributed by atoms with E-state index in [0.29, 0.717) is 22.4 Å². The Morgan fingerprint density at radius 3 is 2.93 bits per heavy atom. The number of carbonyl (C=O) groups excluding carboxylic acids is 1. The summed E-state index contributed by atoms with van der Waals surface area (Å²) in [5, 5.41) is 12.3. The molecule has 0 fully saturated rings. The number of H-pyrrole nitrogens is 1. The molecule has 0 radical (unpaired) electrons. The zero-order valence-electron chi connectivity index (χ0n) is 16.2. The molecule has 0 bridgehead atoms. The van der Waals surface area contributed by atoms with Gasteiger partial charge in [-0.25, -0.2) is 4.79 Å². The van der Waals surface area contributed by atoms with Crippen LogP contribution >= 0.6 is 0 Å². The van der Waals surface area contributed by atoms with Crippen LogP contribution in [0.5, 0.6) is 5.75 Å². The molecule has 2 aliphatic rings. The number of aromatic amines is 1. The van der Waals surface area contributed by atoms with E-state index in [2.05, 4.69) is 4.98 Å². The third-order valence-electron chi connectivity index (χ3n) is 5.68. The zero-order valence-corrected chi connectivity index (χ0v) is 16.2. The number of ether oxygens (including phenoxy) is 3. The largest absolute Gasteiger partial charge is 0.467 e. The number of rotatable bonds is 4. The van der Waals surface area contributed by atoms with Crippen LogP contribution in [0.3, 0.4) is 0 Å². The SMILES string of the molecule is O=C(OCc1cc([N+](=O)[O-])cc2c1OCOC2)c1ccc2[nH]c3c(c2c1)CCCC3. The summed E-state index contributed by atoms with van der Waals surface area (Å²) in [5.41, 5.74) is 4.96. The van der Waals surface area contributed by atoms with E-state index >= 15 is 0 Å². The highest BCUT2D eigenvalue weighted by Gasteiger charge is 2.22. The van der Waals surface area contributed by atoms with Crippen LogP contribution in [0.25, 0.3) is 10.9 Å². The molecule has 1 N–H and O–H groups in total. The first-order valence-corrected chi connectivity index (χ1v) is 9.91. The molecule has 0 atom stereocenters. The molecular formula is C22H20N2O6. The summed E-state index contributed by atoms with van der Waals surface area (Å²) in [7, 11) is 0. The second-order valence-electron chi connectivity index (χ2n) is 7.59. The molecule has 2 heterocycles. The topological polar surface area (TPSA) is 104 Å². The first kappa shape index (κ1) is 18.6. The number of non-ortho nitro benzene ring substituents is 1. The monoisotopic (exact) mass is 408 g/mol. The Morgan fingerprint density at radius 1 is 1.20 bits per heavy atom. The summed E-state index contributed by atoms with van der Waals surface area (Å²) in [6.07, 6.45) is 4.37. The highest BCUT2D eigenvalue weighted by Crippen LogP contribution is 2.34. The van der Waals surface area contributed by atoms with Crippen LogP contribution in [0, 0.1) is 10.1 Å². The van der Waals surface area contributed by atoms with Crippen molar-refractivity contribution in [2.45, 2.75) is 38.9 Å². The summed E-state index contributed by atoms with van der Waals surface area (Å²) >= 11 is 0. The van der Waals surface area contributed by atoms with Gasteiger partial charge in [0.1, 0.15) is 12.4 Å². The van der Waals surface area contributed by atoms with Gasteiger partial charge in [0.15, 0.2) is 6.79 Å². The number of carbonyl (C=O) groups is 1. The quantitative estimate of drug-likeness (QED) is 0.395. The lowest BCUT2D eigenvalue weighted by molar-refractivity contribution is -0.385. The third kappa shape index (κ3) is 3.29. The lowest BCUT2D eigenvalue weighted by Crippen LogP contribution is -2.15. The molecule has 0 amide bonds. The smallest absolute Gasteiger partial charge is 0.338 e. The highest BCUT2D eigenvalue weighted by atomic mass is 16.7. The van der Waals surface area contributed by atoms with Crippen LogP contribution < -0.4 is 4.74 Å². The van der Waals surface area contributed by atoms with Gasteiger partial charge in [-0.05, 0) is 49.4 Å². The average molecular weight is 408 g/mol. The number of aromatic nitrogens is 1. The van der Waals surface area contributed by atoms with Crippen molar-refractivity contribution in [1.29, 1.82) is 0 Å². The first-order chi connectivity index (χ1) is 14.6. The second-order valence-corrected chi connectivity index (χ2v) is 7.59. The van der Waals surface area contributed by atoms with Crippen molar-refractivity contribution in [2.75, 3.05) is 6.79 Å². The minimum atomic E-state index is -0.483. The number of aryl methyl sites for hydroxylation is 2. The average Bonchev–Trinajstić information content (AvgIpc) is 3.15. The first-order valence-electron chi connectivity index (χ1n) is 9.91. The van der Waals surface area contributed by atoms with Crippen LogP contribution in [0.15, 0.2) is 30.3 Å². The molecule has 2 aromatic carbocycles. The Balaban J connectivity index is 1.40. The van der Waals surface area contributed by atoms with Crippen molar-refractivity contribution in [3.05, 3.63) is 68.4 Å². The minimum absolute atomic E-state index is 0.0566. The summed E-state index contributed by atoms with van der Waals surface area (Å²) in [6.45, 7) is 0.153. The number of hydrogen-bond acceptors (Lipinski definition) is 6. The van der Waals surface area contributed by atoms with Gasteiger partial charge in [-0.3, -0.25) is 10.1 Å². The van der Waals surface area contributed by atoms with Crippen LogP contribution in [-0.4, -0.2) is 22.7 Å². The summed E-state index contributed by atoms with van der Waals surface area (Å²) in [5.74, 6) is 0.00443. The van der Waals surface area contributed by atoms with Gasteiger partial charge in [-0.15, -0.1) is 0 Å². The van der Waals surface area contributed by atoms with E-state index < -0.39 is 10.9 Å². The Kier molecular flexibility index (Phi) is 4.63. The van der Waals surface area contributed by atoms with Crippen molar-refractivity contribution in [3.63, 3.8) is 0 Å². The Hall–Kier alpha value is -3.39. The van der Waals surface area contributed by atoms with Crippen LogP contribution in [0.4, 0.5) is 5.69 Å². The van der Waals surface area contributed by atoms with Crippen molar-refractivity contribution < 1.29 is 23.9 Å². The van der Waals surface area contributed by atoms with E-state index in [4.69, 9.17) is 14.2 Å². The summed E-state index contributed by atoms with van der Waals surface area (Å²) in [4.78, 5) is 26.9. The predicted molar refractivity (Wildman–Crippen MR) is 107 cm³/mol. The number of hydrogen-bond donors (Lipinski definition) is 1. The van der Waals surface area contributed by atoms with E-state index in [1.165, 1.54) is 29.8 Å². The number of fused-ring (bicyclic) bond motifs is 4. The van der Waals surface area contributed by atoms with Gasteiger partial charge in [0.2, 0.25) is 0 Å². The van der Waals surface area contributed by atoms with E-state index in [1.807, 2.05) is 12.1 Å². The molecule has 1 aliphatic heterocycles. The molecular weight excluding hydrogens is 388 g/mol. The second kappa shape index (κ2) is 7.46. The van der Waals surface area contributed by atoms with Crippen molar-refractivity contribution in [1.82, 2.24) is 4.98 Å². The Bertz CT molecular complexity index is 1170. The number of nitro benzene ring substituents is 1. The van der Waals surface area contributed by atoms with E-state index in [1.54, 1.807) is 6.07 Å². The van der Waals surface area contributed by atoms with Gasteiger partial charge in [0.05, 0.1) is 17.1 Å². The fourth-order valence-electron chi connectivity index (χ4n) is 4.25. The van der Waals surface area contributed by atoms with Gasteiger partial charge >= 0.3 is 5.97 Å². The number of nitrogens with zero attached hydrogens (tertiary/aromatic N) is 1. The van der Waals surface area contributed by atoms with Gasteiger partial charge in [-0.2, -0.15) is 0 Å². The molecule has 1 aromatic heterocycles. The molecule has 154 valence electrons. The predicted octanol–water partition coefficient (Wildman–Crippen LogP) is 4.18. The third-order valence-corrected chi connectivity index (χ3v) is 5.68. The molecule has 0 spiro atoms. The molecule has 8 heteroatoms. The highest BCUT2D eigenvalue weighted by molar-refractivity contribution is 5.96. The van der Waals surface area contributed by atoms with E-state index in [0.717, 1.165) is 30.2 Å². The van der Waals surface area contributed by atoms with E-state index in [9.17, 15) is 14.9 Å². The van der Waals surface area contributed by atoms with Gasteiger partial charge in [-0.1, -0.05) is 0 Å². The van der Waals surface area contributed by atoms with Crippen LogP contribution in [0.2, 0.25) is 0 Å². The Labute approximate surface area is 171 Å². The van der Waals surface area contributed by atoms with E-state index in [-0.39, 0.29) is 25.7 Å². The zero-order chi connectivity index (χ0) is 20.7. The number of nitrogens with one attached hydrogen (secondary N) is 1. The maximum atomic E-state index is 12.7. The maximum absolute atomic E-state index is 12.7. The maximum Gasteiger partial charge on any atom is 0.338 e. The fourth-order valence-corrected chi connectivity index (χ4v) is 4.25. The number of benzene rings is 2. The van der Waals surface area contributed by atoms with Gasteiger partial charge in [0, 0.05) is 39.9 Å². The molecule has 30 heavy (non-hydrogen) atoms. The van der Waals surface area contributed by atoms with Gasteiger partial charge < -0.3 is 19.2 Å². The molecule has 3 aromatic rings. The molecule has 0 unspecified atom stereocenters. The number of nitro groups is 1. The lowest BCUT2D eigenvalue weighted by Gasteiger charge is -2.20. The van der Waals surface area contributed by atoms with Crippen molar-refractivity contribution in [3.8, 4) is 5.75 Å². The lowest BCUT2D eigenvalue weighted by atomic mass is 9.95. The molecule has 0 saturated heterocycles. The van der Waals surface area contributed by atoms with Crippen LogP contribution in [-0.2, 0) is 35.5 Å². The van der Waals surface area contributed by atoms with Gasteiger partial charge in [0.25, 0.3) is 5.69 Å². The summed E-state index contributed by atoms with van der Waals surface area (Å²) < 4.78 is 16.2. The minimum Gasteiger partial charge on any atom is -0.467 e.